The first-order chi connectivity index (χ1) is 7.29. The number of quaternary nitrogens is 1. The lowest BCUT2D eigenvalue weighted by molar-refractivity contribution is -0.645. The second-order valence-corrected chi connectivity index (χ2v) is 3.82. The molecule has 0 aliphatic carbocycles. The fraction of sp³-hybridized carbons (Fsp3) is 0.167. The zero-order valence-electron chi connectivity index (χ0n) is 8.53. The fourth-order valence-corrected chi connectivity index (χ4v) is 1.58. The van der Waals surface area contributed by atoms with Crippen LogP contribution in [0.4, 0.5) is 0 Å². The summed E-state index contributed by atoms with van der Waals surface area (Å²) >= 11 is 5.82. The van der Waals surface area contributed by atoms with E-state index in [1.807, 2.05) is 43.4 Å². The van der Waals surface area contributed by atoms with Gasteiger partial charge in [0.2, 0.25) is 0 Å². The second-order valence-electron chi connectivity index (χ2n) is 3.39. The third-order valence-corrected chi connectivity index (χ3v) is 2.45. The zero-order valence-corrected chi connectivity index (χ0v) is 9.29. The summed E-state index contributed by atoms with van der Waals surface area (Å²) in [7, 11) is 2.02. The minimum atomic E-state index is 0.743. The van der Waals surface area contributed by atoms with Crippen molar-refractivity contribution in [3.8, 4) is 11.3 Å². The molecule has 1 heterocycles. The van der Waals surface area contributed by atoms with E-state index < -0.39 is 0 Å². The van der Waals surface area contributed by atoms with Gasteiger partial charge in [-0.05, 0) is 36.4 Å². The molecular formula is C12H13ClNO+. The van der Waals surface area contributed by atoms with Crippen LogP contribution < -0.4 is 5.32 Å². The van der Waals surface area contributed by atoms with Gasteiger partial charge in [-0.2, -0.15) is 0 Å². The van der Waals surface area contributed by atoms with Gasteiger partial charge < -0.3 is 9.73 Å². The quantitative estimate of drug-likeness (QED) is 0.849. The van der Waals surface area contributed by atoms with Crippen molar-refractivity contribution < 1.29 is 9.73 Å². The third-order valence-electron chi connectivity index (χ3n) is 2.20. The fourth-order valence-electron chi connectivity index (χ4n) is 1.46. The van der Waals surface area contributed by atoms with Crippen LogP contribution in [0.2, 0.25) is 5.02 Å². The van der Waals surface area contributed by atoms with Crippen molar-refractivity contribution in [1.82, 2.24) is 0 Å². The number of hydrogen-bond donors (Lipinski definition) is 1. The maximum atomic E-state index is 5.82. The van der Waals surface area contributed by atoms with E-state index in [4.69, 9.17) is 16.0 Å². The maximum absolute atomic E-state index is 5.82. The smallest absolute Gasteiger partial charge is 0.158 e. The normalized spacial score (nSPS) is 10.5. The summed E-state index contributed by atoms with van der Waals surface area (Å²) in [4.78, 5) is 0. The molecule has 15 heavy (non-hydrogen) atoms. The molecule has 3 heteroatoms. The van der Waals surface area contributed by atoms with Crippen molar-refractivity contribution in [2.45, 2.75) is 6.54 Å². The van der Waals surface area contributed by atoms with E-state index in [-0.39, 0.29) is 0 Å². The predicted molar refractivity (Wildman–Crippen MR) is 60.7 cm³/mol. The molecule has 2 N–H and O–H groups in total. The van der Waals surface area contributed by atoms with Crippen molar-refractivity contribution in [2.75, 3.05) is 7.05 Å². The van der Waals surface area contributed by atoms with Crippen LogP contribution in [0.1, 0.15) is 5.76 Å². The first-order valence-corrected chi connectivity index (χ1v) is 5.30. The number of furan rings is 1. The van der Waals surface area contributed by atoms with Crippen molar-refractivity contribution in [2.24, 2.45) is 0 Å². The van der Waals surface area contributed by atoms with Crippen molar-refractivity contribution in [3.05, 3.63) is 47.2 Å². The Labute approximate surface area is 93.9 Å². The summed E-state index contributed by atoms with van der Waals surface area (Å²) in [5.74, 6) is 1.88. The van der Waals surface area contributed by atoms with Crippen LogP contribution in [0, 0.1) is 0 Å². The topological polar surface area (TPSA) is 29.8 Å². The van der Waals surface area contributed by atoms with Crippen LogP contribution in [0.5, 0.6) is 0 Å². The SMILES string of the molecule is C[NH2+]Cc1ccc(-c2ccc(Cl)cc2)o1. The molecule has 2 aromatic rings. The van der Waals surface area contributed by atoms with Gasteiger partial charge in [-0.25, -0.2) is 0 Å². The molecule has 0 aliphatic rings. The Morgan fingerprint density at radius 2 is 1.87 bits per heavy atom. The van der Waals surface area contributed by atoms with Gasteiger partial charge in [-0.3, -0.25) is 0 Å². The second kappa shape index (κ2) is 4.51. The summed E-state index contributed by atoms with van der Waals surface area (Å²) in [6, 6.07) is 11.6. The van der Waals surface area contributed by atoms with E-state index in [9.17, 15) is 0 Å². The molecule has 0 saturated carbocycles. The lowest BCUT2D eigenvalue weighted by atomic mass is 10.2. The predicted octanol–water partition coefficient (Wildman–Crippen LogP) is 2.29. The van der Waals surface area contributed by atoms with Crippen molar-refractivity contribution in [1.29, 1.82) is 0 Å². The summed E-state index contributed by atoms with van der Waals surface area (Å²) in [6.07, 6.45) is 0. The Morgan fingerprint density at radius 3 is 2.53 bits per heavy atom. The molecule has 0 bridgehead atoms. The highest BCUT2D eigenvalue weighted by Crippen LogP contribution is 2.23. The first-order valence-electron chi connectivity index (χ1n) is 4.92. The zero-order chi connectivity index (χ0) is 10.7. The molecule has 2 rings (SSSR count). The van der Waals surface area contributed by atoms with Crippen LogP contribution in [0.25, 0.3) is 11.3 Å². The molecule has 0 fully saturated rings. The monoisotopic (exact) mass is 222 g/mol. The van der Waals surface area contributed by atoms with Gasteiger partial charge in [0.05, 0.1) is 7.05 Å². The molecule has 0 spiro atoms. The van der Waals surface area contributed by atoms with Crippen molar-refractivity contribution >= 4 is 11.6 Å². The Balaban J connectivity index is 2.25. The van der Waals surface area contributed by atoms with E-state index in [2.05, 4.69) is 5.32 Å². The highest BCUT2D eigenvalue weighted by Gasteiger charge is 2.04. The molecule has 0 atom stereocenters. The Morgan fingerprint density at radius 1 is 1.13 bits per heavy atom. The number of nitrogens with two attached hydrogens (primary N) is 1. The molecule has 1 aromatic heterocycles. The first kappa shape index (κ1) is 10.3. The molecule has 0 aliphatic heterocycles. The third kappa shape index (κ3) is 2.41. The lowest BCUT2D eigenvalue weighted by Crippen LogP contribution is -2.77. The van der Waals surface area contributed by atoms with Gasteiger partial charge in [-0.15, -0.1) is 0 Å². The number of halogens is 1. The highest BCUT2D eigenvalue weighted by atomic mass is 35.5. The summed E-state index contributed by atoms with van der Waals surface area (Å²) in [5.41, 5.74) is 1.06. The Bertz CT molecular complexity index is 433. The van der Waals surface area contributed by atoms with E-state index in [0.717, 1.165) is 28.7 Å². The number of hydrogen-bond acceptors (Lipinski definition) is 1. The van der Waals surface area contributed by atoms with E-state index in [1.54, 1.807) is 0 Å². The molecule has 0 saturated heterocycles. The molecule has 0 unspecified atom stereocenters. The molecular weight excluding hydrogens is 210 g/mol. The Kier molecular flexibility index (Phi) is 3.09. The van der Waals surface area contributed by atoms with Gasteiger partial charge >= 0.3 is 0 Å². The maximum Gasteiger partial charge on any atom is 0.158 e. The molecule has 0 amide bonds. The van der Waals surface area contributed by atoms with Crippen LogP contribution in [0.15, 0.2) is 40.8 Å². The van der Waals surface area contributed by atoms with Crippen LogP contribution >= 0.6 is 11.6 Å². The average molecular weight is 223 g/mol. The summed E-state index contributed by atoms with van der Waals surface area (Å²) in [5, 5.41) is 2.82. The van der Waals surface area contributed by atoms with Gasteiger partial charge in [0.15, 0.2) is 5.76 Å². The molecule has 1 aromatic carbocycles. The van der Waals surface area contributed by atoms with Crippen LogP contribution in [0.3, 0.4) is 0 Å². The minimum Gasteiger partial charge on any atom is -0.455 e. The highest BCUT2D eigenvalue weighted by molar-refractivity contribution is 6.30. The van der Waals surface area contributed by atoms with Gasteiger partial charge in [0.1, 0.15) is 12.3 Å². The molecule has 78 valence electrons. The molecule has 0 radical (unpaired) electrons. The Hall–Kier alpha value is -1.25. The van der Waals surface area contributed by atoms with Crippen LogP contribution in [-0.4, -0.2) is 7.05 Å². The number of rotatable bonds is 3. The van der Waals surface area contributed by atoms with Gasteiger partial charge in [-0.1, -0.05) is 11.6 Å². The van der Waals surface area contributed by atoms with Gasteiger partial charge in [0, 0.05) is 10.6 Å². The standard InChI is InChI=1S/C12H12ClNO/c1-14-8-11-6-7-12(15-11)9-2-4-10(13)5-3-9/h2-7,14H,8H2,1H3/p+1. The average Bonchev–Trinajstić information content (AvgIpc) is 2.68. The van der Waals surface area contributed by atoms with Crippen molar-refractivity contribution in [3.63, 3.8) is 0 Å². The lowest BCUT2D eigenvalue weighted by Gasteiger charge is -1.96. The summed E-state index contributed by atoms with van der Waals surface area (Å²) in [6.45, 7) is 0.869. The largest absolute Gasteiger partial charge is 0.455 e. The van der Waals surface area contributed by atoms with E-state index in [0.29, 0.717) is 0 Å². The van der Waals surface area contributed by atoms with Crippen LogP contribution in [-0.2, 0) is 6.54 Å². The van der Waals surface area contributed by atoms with Gasteiger partial charge in [0.25, 0.3) is 0 Å². The number of benzene rings is 1. The molecule has 2 nitrogen and oxygen atoms in total. The minimum absolute atomic E-state index is 0.743. The van der Waals surface area contributed by atoms with E-state index in [1.165, 1.54) is 0 Å². The van der Waals surface area contributed by atoms with E-state index >= 15 is 0 Å². The summed E-state index contributed by atoms with van der Waals surface area (Å²) < 4.78 is 5.68.